The van der Waals surface area contributed by atoms with Crippen LogP contribution in [0.3, 0.4) is 0 Å². The van der Waals surface area contributed by atoms with Crippen molar-refractivity contribution in [2.24, 2.45) is 0 Å². The molecule has 1 aromatic carbocycles. The Morgan fingerprint density at radius 1 is 1.29 bits per heavy atom. The fourth-order valence-electron chi connectivity index (χ4n) is 1.92. The van der Waals surface area contributed by atoms with Crippen LogP contribution in [0.1, 0.15) is 27.3 Å². The van der Waals surface area contributed by atoms with E-state index in [4.69, 9.17) is 11.6 Å². The van der Waals surface area contributed by atoms with E-state index < -0.39 is 0 Å². The van der Waals surface area contributed by atoms with Crippen LogP contribution in [0.25, 0.3) is 5.69 Å². The number of nitrogens with zero attached hydrogens (tertiary/aromatic N) is 2. The number of hydrogen-bond donors (Lipinski definition) is 0. The smallest absolute Gasteiger partial charge is 0.153 e. The Labute approximate surface area is 105 Å². The average molecular weight is 249 g/mol. The van der Waals surface area contributed by atoms with E-state index in [2.05, 4.69) is 5.10 Å². The van der Waals surface area contributed by atoms with Gasteiger partial charge >= 0.3 is 0 Å². The van der Waals surface area contributed by atoms with Crippen molar-refractivity contribution >= 4 is 17.9 Å². The van der Waals surface area contributed by atoms with Gasteiger partial charge < -0.3 is 0 Å². The molecule has 17 heavy (non-hydrogen) atoms. The van der Waals surface area contributed by atoms with Gasteiger partial charge in [0, 0.05) is 5.02 Å². The zero-order valence-electron chi connectivity index (χ0n) is 9.99. The van der Waals surface area contributed by atoms with E-state index in [9.17, 15) is 4.79 Å². The van der Waals surface area contributed by atoms with Gasteiger partial charge in [-0.3, -0.25) is 4.79 Å². The van der Waals surface area contributed by atoms with E-state index >= 15 is 0 Å². The maximum Gasteiger partial charge on any atom is 0.153 e. The SMILES string of the molecule is Cc1cc(Cl)ccc1-n1nc(C)c(C=O)c1C. The molecule has 0 aliphatic rings. The Hall–Kier alpha value is -1.61. The molecular formula is C13H13ClN2O. The molecule has 0 saturated carbocycles. The number of aryl methyl sites for hydroxylation is 2. The summed E-state index contributed by atoms with van der Waals surface area (Å²) in [6.07, 6.45) is 0.847. The summed E-state index contributed by atoms with van der Waals surface area (Å²) in [5.74, 6) is 0. The van der Waals surface area contributed by atoms with Crippen molar-refractivity contribution in [3.63, 3.8) is 0 Å². The van der Waals surface area contributed by atoms with E-state index in [-0.39, 0.29) is 0 Å². The van der Waals surface area contributed by atoms with Crippen LogP contribution in [-0.2, 0) is 0 Å². The fourth-order valence-corrected chi connectivity index (χ4v) is 2.14. The monoisotopic (exact) mass is 248 g/mol. The Morgan fingerprint density at radius 2 is 2.00 bits per heavy atom. The molecule has 2 aromatic rings. The highest BCUT2D eigenvalue weighted by atomic mass is 35.5. The minimum absolute atomic E-state index is 0.652. The molecule has 0 aliphatic heterocycles. The van der Waals surface area contributed by atoms with Crippen LogP contribution in [0.2, 0.25) is 5.02 Å². The number of aromatic nitrogens is 2. The van der Waals surface area contributed by atoms with Crippen LogP contribution < -0.4 is 0 Å². The van der Waals surface area contributed by atoms with E-state index in [1.165, 1.54) is 0 Å². The molecule has 1 aromatic heterocycles. The normalized spacial score (nSPS) is 10.6. The van der Waals surface area contributed by atoms with E-state index in [1.807, 2.05) is 39.0 Å². The molecule has 88 valence electrons. The second-order valence-corrected chi connectivity index (χ2v) is 4.48. The number of hydrogen-bond acceptors (Lipinski definition) is 2. The van der Waals surface area contributed by atoms with Gasteiger partial charge in [-0.25, -0.2) is 4.68 Å². The molecule has 4 heteroatoms. The van der Waals surface area contributed by atoms with Gasteiger partial charge in [0.2, 0.25) is 0 Å². The highest BCUT2D eigenvalue weighted by Crippen LogP contribution is 2.22. The summed E-state index contributed by atoms with van der Waals surface area (Å²) in [5.41, 5.74) is 4.22. The minimum Gasteiger partial charge on any atom is -0.298 e. The van der Waals surface area contributed by atoms with Crippen LogP contribution in [0, 0.1) is 20.8 Å². The maximum atomic E-state index is 11.0. The molecule has 1 heterocycles. The van der Waals surface area contributed by atoms with Gasteiger partial charge in [-0.15, -0.1) is 0 Å². The van der Waals surface area contributed by atoms with Crippen LogP contribution in [0.15, 0.2) is 18.2 Å². The fraction of sp³-hybridized carbons (Fsp3) is 0.231. The summed E-state index contributed by atoms with van der Waals surface area (Å²) in [6.45, 7) is 5.69. The number of halogens is 1. The number of rotatable bonds is 2. The summed E-state index contributed by atoms with van der Waals surface area (Å²) >= 11 is 5.92. The largest absolute Gasteiger partial charge is 0.298 e. The Balaban J connectivity index is 2.65. The predicted octanol–water partition coefficient (Wildman–Crippen LogP) is 3.26. The molecule has 2 rings (SSSR count). The topological polar surface area (TPSA) is 34.9 Å². The molecule has 0 aliphatic carbocycles. The Morgan fingerprint density at radius 3 is 2.53 bits per heavy atom. The number of benzene rings is 1. The predicted molar refractivity (Wildman–Crippen MR) is 68.2 cm³/mol. The third-order valence-corrected chi connectivity index (χ3v) is 3.09. The van der Waals surface area contributed by atoms with Crippen LogP contribution in [0.4, 0.5) is 0 Å². The number of carbonyl (C=O) groups excluding carboxylic acids is 1. The third-order valence-electron chi connectivity index (χ3n) is 2.85. The summed E-state index contributed by atoms with van der Waals surface area (Å²) in [5, 5.41) is 5.08. The lowest BCUT2D eigenvalue weighted by molar-refractivity contribution is 0.112. The molecule has 0 fully saturated rings. The summed E-state index contributed by atoms with van der Waals surface area (Å²) in [4.78, 5) is 11.0. The molecule has 0 atom stereocenters. The maximum absolute atomic E-state index is 11.0. The van der Waals surface area contributed by atoms with Gasteiger partial charge in [0.05, 0.1) is 22.6 Å². The van der Waals surface area contributed by atoms with E-state index in [0.29, 0.717) is 10.6 Å². The number of carbonyl (C=O) groups is 1. The first-order valence-electron chi connectivity index (χ1n) is 5.32. The highest BCUT2D eigenvalue weighted by Gasteiger charge is 2.13. The van der Waals surface area contributed by atoms with Crippen molar-refractivity contribution < 1.29 is 4.79 Å². The second kappa shape index (κ2) is 4.34. The molecule has 0 bridgehead atoms. The first-order chi connectivity index (χ1) is 8.04. The van der Waals surface area contributed by atoms with Gasteiger partial charge in [-0.2, -0.15) is 5.10 Å². The second-order valence-electron chi connectivity index (χ2n) is 4.04. The summed E-state index contributed by atoms with van der Waals surface area (Å²) < 4.78 is 1.78. The highest BCUT2D eigenvalue weighted by molar-refractivity contribution is 6.30. The number of aldehydes is 1. The van der Waals surface area contributed by atoms with E-state index in [1.54, 1.807) is 4.68 Å². The minimum atomic E-state index is 0.652. The first kappa shape index (κ1) is 11.9. The van der Waals surface area contributed by atoms with Gasteiger partial charge in [0.25, 0.3) is 0 Å². The van der Waals surface area contributed by atoms with Gasteiger partial charge in [-0.1, -0.05) is 11.6 Å². The zero-order valence-corrected chi connectivity index (χ0v) is 10.7. The summed E-state index contributed by atoms with van der Waals surface area (Å²) in [7, 11) is 0. The molecule has 0 N–H and O–H groups in total. The summed E-state index contributed by atoms with van der Waals surface area (Å²) in [6, 6.07) is 5.61. The van der Waals surface area contributed by atoms with Crippen LogP contribution in [-0.4, -0.2) is 16.1 Å². The van der Waals surface area contributed by atoms with Crippen molar-refractivity contribution in [2.75, 3.05) is 0 Å². The quantitative estimate of drug-likeness (QED) is 0.765. The van der Waals surface area contributed by atoms with Crippen LogP contribution in [0.5, 0.6) is 0 Å². The lowest BCUT2D eigenvalue weighted by Gasteiger charge is -2.08. The Bertz CT molecular complexity index is 587. The molecule has 0 unspecified atom stereocenters. The van der Waals surface area contributed by atoms with Crippen molar-refractivity contribution in [1.29, 1.82) is 0 Å². The molecule has 3 nitrogen and oxygen atoms in total. The van der Waals surface area contributed by atoms with Crippen molar-refractivity contribution in [3.8, 4) is 5.69 Å². The molecular weight excluding hydrogens is 236 g/mol. The lowest BCUT2D eigenvalue weighted by atomic mass is 10.2. The molecule has 0 radical (unpaired) electrons. The van der Waals surface area contributed by atoms with Gasteiger partial charge in [0.15, 0.2) is 6.29 Å². The van der Waals surface area contributed by atoms with Crippen molar-refractivity contribution in [3.05, 3.63) is 45.7 Å². The lowest BCUT2D eigenvalue weighted by Crippen LogP contribution is -2.01. The standard InChI is InChI=1S/C13H13ClN2O/c1-8-6-11(14)4-5-13(8)16-10(3)12(7-17)9(2)15-16/h4-7H,1-3H3. The average Bonchev–Trinajstić information content (AvgIpc) is 2.54. The molecule has 0 spiro atoms. The van der Waals surface area contributed by atoms with Crippen molar-refractivity contribution in [1.82, 2.24) is 9.78 Å². The molecule has 0 amide bonds. The van der Waals surface area contributed by atoms with Gasteiger partial charge in [0.1, 0.15) is 0 Å². The molecule has 0 saturated heterocycles. The third kappa shape index (κ3) is 1.98. The zero-order chi connectivity index (χ0) is 12.6. The first-order valence-corrected chi connectivity index (χ1v) is 5.70. The van der Waals surface area contributed by atoms with Crippen LogP contribution >= 0.6 is 11.6 Å². The van der Waals surface area contributed by atoms with Crippen molar-refractivity contribution in [2.45, 2.75) is 20.8 Å². The van der Waals surface area contributed by atoms with E-state index in [0.717, 1.165) is 28.9 Å². The van der Waals surface area contributed by atoms with Gasteiger partial charge in [-0.05, 0) is 44.5 Å². The Kier molecular flexibility index (Phi) is 3.03.